The third-order valence-corrected chi connectivity index (χ3v) is 5.07. The fourth-order valence-corrected chi connectivity index (χ4v) is 4.00. The topological polar surface area (TPSA) is 26.3 Å². The molecule has 0 atom stereocenters. The number of thiophene rings is 1. The minimum Gasteiger partial charge on any atom is -0.495 e. The standard InChI is InChI=1S/C18H14O2S/c1-20-15-9-10-21-18(15)17(19)14-8-7-12-6-5-11-3-2-4-13(14)16(11)12/h2-4,7-10H,5-6H2,1H3. The Hall–Kier alpha value is -2.13. The third kappa shape index (κ3) is 1.81. The first-order chi connectivity index (χ1) is 10.3. The number of ketones is 1. The fourth-order valence-electron chi connectivity index (χ4n) is 3.19. The molecular formula is C18H14O2S. The number of benzene rings is 2. The molecule has 3 heteroatoms. The fraction of sp³-hybridized carbons (Fsp3) is 0.167. The van der Waals surface area contributed by atoms with E-state index in [1.165, 1.54) is 27.8 Å². The van der Waals surface area contributed by atoms with Gasteiger partial charge in [-0.15, -0.1) is 11.3 Å². The maximum atomic E-state index is 12.9. The quantitative estimate of drug-likeness (QED) is 0.675. The van der Waals surface area contributed by atoms with Crippen LogP contribution in [0.5, 0.6) is 5.75 Å². The zero-order valence-electron chi connectivity index (χ0n) is 11.7. The first-order valence-corrected chi connectivity index (χ1v) is 7.87. The molecule has 0 amide bonds. The summed E-state index contributed by atoms with van der Waals surface area (Å²) in [5, 5.41) is 4.24. The molecule has 0 fully saturated rings. The second-order valence-electron chi connectivity index (χ2n) is 5.26. The second kappa shape index (κ2) is 4.71. The molecule has 2 nitrogen and oxygen atoms in total. The molecule has 0 N–H and O–H groups in total. The summed E-state index contributed by atoms with van der Waals surface area (Å²) in [7, 11) is 1.60. The lowest BCUT2D eigenvalue weighted by molar-refractivity contribution is 0.104. The number of methoxy groups -OCH3 is 1. The summed E-state index contributed by atoms with van der Waals surface area (Å²) in [4.78, 5) is 13.6. The Morgan fingerprint density at radius 1 is 1.10 bits per heavy atom. The average molecular weight is 294 g/mol. The van der Waals surface area contributed by atoms with Gasteiger partial charge in [-0.05, 0) is 46.2 Å². The van der Waals surface area contributed by atoms with Crippen LogP contribution in [-0.2, 0) is 12.8 Å². The van der Waals surface area contributed by atoms with Gasteiger partial charge in [-0.3, -0.25) is 4.79 Å². The van der Waals surface area contributed by atoms with Crippen LogP contribution in [0.2, 0.25) is 0 Å². The van der Waals surface area contributed by atoms with Crippen LogP contribution in [0.3, 0.4) is 0 Å². The lowest BCUT2D eigenvalue weighted by Gasteiger charge is -2.08. The van der Waals surface area contributed by atoms with E-state index in [1.807, 2.05) is 17.5 Å². The molecule has 21 heavy (non-hydrogen) atoms. The Labute approximate surface area is 127 Å². The molecule has 0 saturated carbocycles. The van der Waals surface area contributed by atoms with E-state index in [9.17, 15) is 4.79 Å². The SMILES string of the molecule is COc1ccsc1C(=O)c1ccc2c3c(cccc13)CC2. The molecule has 1 aliphatic carbocycles. The molecule has 1 heterocycles. The van der Waals surface area contributed by atoms with Crippen molar-refractivity contribution in [2.24, 2.45) is 0 Å². The third-order valence-electron chi connectivity index (χ3n) is 4.18. The van der Waals surface area contributed by atoms with Crippen molar-refractivity contribution in [1.82, 2.24) is 0 Å². The highest BCUT2D eigenvalue weighted by Gasteiger charge is 2.22. The van der Waals surface area contributed by atoms with Crippen molar-refractivity contribution >= 4 is 27.9 Å². The molecule has 0 spiro atoms. The Morgan fingerprint density at radius 2 is 1.90 bits per heavy atom. The van der Waals surface area contributed by atoms with Crippen LogP contribution in [-0.4, -0.2) is 12.9 Å². The largest absolute Gasteiger partial charge is 0.495 e. The first kappa shape index (κ1) is 12.6. The number of aryl methyl sites for hydroxylation is 2. The maximum absolute atomic E-state index is 12.9. The summed E-state index contributed by atoms with van der Waals surface area (Å²) < 4.78 is 5.29. The van der Waals surface area contributed by atoms with E-state index in [-0.39, 0.29) is 5.78 Å². The molecule has 1 aliphatic rings. The molecule has 1 aromatic heterocycles. The molecule has 0 bridgehead atoms. The normalized spacial score (nSPS) is 12.8. The summed E-state index contributed by atoms with van der Waals surface area (Å²) in [6, 6.07) is 12.2. The predicted octanol–water partition coefficient (Wildman–Crippen LogP) is 4.24. The van der Waals surface area contributed by atoms with Gasteiger partial charge in [0.25, 0.3) is 0 Å². The minimum absolute atomic E-state index is 0.0532. The molecule has 104 valence electrons. The lowest BCUT2D eigenvalue weighted by atomic mass is 9.97. The highest BCUT2D eigenvalue weighted by atomic mass is 32.1. The van der Waals surface area contributed by atoms with Gasteiger partial charge in [-0.1, -0.05) is 30.3 Å². The van der Waals surface area contributed by atoms with Crippen LogP contribution in [0.4, 0.5) is 0 Å². The predicted molar refractivity (Wildman–Crippen MR) is 85.7 cm³/mol. The monoisotopic (exact) mass is 294 g/mol. The maximum Gasteiger partial charge on any atom is 0.207 e. The number of carbonyl (C=O) groups excluding carboxylic acids is 1. The van der Waals surface area contributed by atoms with Gasteiger partial charge in [0.2, 0.25) is 5.78 Å². The van der Waals surface area contributed by atoms with E-state index in [4.69, 9.17) is 4.74 Å². The van der Waals surface area contributed by atoms with Gasteiger partial charge in [-0.2, -0.15) is 0 Å². The Kier molecular flexibility index (Phi) is 2.82. The van der Waals surface area contributed by atoms with Crippen molar-refractivity contribution in [3.8, 4) is 5.75 Å². The smallest absolute Gasteiger partial charge is 0.207 e. The van der Waals surface area contributed by atoms with Crippen LogP contribution in [0.25, 0.3) is 10.8 Å². The lowest BCUT2D eigenvalue weighted by Crippen LogP contribution is -2.02. The molecule has 4 rings (SSSR count). The van der Waals surface area contributed by atoms with Crippen molar-refractivity contribution in [1.29, 1.82) is 0 Å². The van der Waals surface area contributed by atoms with Crippen molar-refractivity contribution in [3.63, 3.8) is 0 Å². The van der Waals surface area contributed by atoms with Crippen LogP contribution in [0, 0.1) is 0 Å². The highest BCUT2D eigenvalue weighted by molar-refractivity contribution is 7.12. The van der Waals surface area contributed by atoms with Crippen LogP contribution in [0.15, 0.2) is 41.8 Å². The van der Waals surface area contributed by atoms with E-state index in [1.54, 1.807) is 7.11 Å². The van der Waals surface area contributed by atoms with Gasteiger partial charge in [0, 0.05) is 5.56 Å². The molecule has 0 unspecified atom stereocenters. The van der Waals surface area contributed by atoms with Crippen molar-refractivity contribution in [2.75, 3.05) is 7.11 Å². The van der Waals surface area contributed by atoms with Crippen LogP contribution < -0.4 is 4.74 Å². The first-order valence-electron chi connectivity index (χ1n) is 6.99. The molecule has 3 aromatic rings. The second-order valence-corrected chi connectivity index (χ2v) is 6.18. The number of hydrogen-bond donors (Lipinski definition) is 0. The average Bonchev–Trinajstić information content (AvgIpc) is 3.15. The van der Waals surface area contributed by atoms with Gasteiger partial charge in [0.1, 0.15) is 10.6 Å². The summed E-state index contributed by atoms with van der Waals surface area (Å²) >= 11 is 1.44. The van der Waals surface area contributed by atoms with Crippen LogP contribution in [0.1, 0.15) is 26.4 Å². The summed E-state index contributed by atoms with van der Waals surface area (Å²) in [5.41, 5.74) is 3.49. The number of carbonyl (C=O) groups is 1. The van der Waals surface area contributed by atoms with E-state index in [0.29, 0.717) is 10.6 Å². The Morgan fingerprint density at radius 3 is 2.71 bits per heavy atom. The number of ether oxygens (including phenoxy) is 1. The molecule has 0 saturated heterocycles. The molecule has 0 aliphatic heterocycles. The van der Waals surface area contributed by atoms with E-state index >= 15 is 0 Å². The summed E-state index contributed by atoms with van der Waals surface area (Å²) in [5.74, 6) is 0.714. The van der Waals surface area contributed by atoms with Gasteiger partial charge in [0.05, 0.1) is 7.11 Å². The molecular weight excluding hydrogens is 280 g/mol. The van der Waals surface area contributed by atoms with Gasteiger partial charge >= 0.3 is 0 Å². The minimum atomic E-state index is 0.0532. The Bertz CT molecular complexity index is 851. The van der Waals surface area contributed by atoms with E-state index in [0.717, 1.165) is 23.8 Å². The zero-order chi connectivity index (χ0) is 14.4. The van der Waals surface area contributed by atoms with E-state index in [2.05, 4.69) is 24.3 Å². The summed E-state index contributed by atoms with van der Waals surface area (Å²) in [6.07, 6.45) is 2.15. The van der Waals surface area contributed by atoms with Crippen molar-refractivity contribution < 1.29 is 9.53 Å². The Balaban J connectivity index is 1.94. The molecule has 0 radical (unpaired) electrons. The zero-order valence-corrected chi connectivity index (χ0v) is 12.5. The number of rotatable bonds is 3. The van der Waals surface area contributed by atoms with E-state index < -0.39 is 0 Å². The molecule has 2 aromatic carbocycles. The van der Waals surface area contributed by atoms with Gasteiger partial charge in [-0.25, -0.2) is 0 Å². The summed E-state index contributed by atoms with van der Waals surface area (Å²) in [6.45, 7) is 0. The van der Waals surface area contributed by atoms with Gasteiger partial charge in [0.15, 0.2) is 0 Å². The van der Waals surface area contributed by atoms with Crippen LogP contribution >= 0.6 is 11.3 Å². The highest BCUT2D eigenvalue weighted by Crippen LogP contribution is 2.35. The van der Waals surface area contributed by atoms with Crippen molar-refractivity contribution in [2.45, 2.75) is 12.8 Å². The van der Waals surface area contributed by atoms with Crippen molar-refractivity contribution in [3.05, 3.63) is 63.3 Å². The van der Waals surface area contributed by atoms with Gasteiger partial charge < -0.3 is 4.74 Å². The number of hydrogen-bond acceptors (Lipinski definition) is 3.